The Morgan fingerprint density at radius 2 is 1.41 bits per heavy atom. The molecule has 0 N–H and O–H groups in total. The van der Waals surface area contributed by atoms with Crippen molar-refractivity contribution in [2.75, 3.05) is 45.2 Å². The molecule has 4 rings (SSSR count). The van der Waals surface area contributed by atoms with Gasteiger partial charge in [0.05, 0.1) is 0 Å². The molecule has 0 bridgehead atoms. The first kappa shape index (κ1) is 27.0. The van der Waals surface area contributed by atoms with Crippen LogP contribution in [-0.2, 0) is 4.79 Å². The van der Waals surface area contributed by atoms with Crippen molar-refractivity contribution in [1.29, 1.82) is 0 Å². The quantitative estimate of drug-likeness (QED) is 0.505. The first-order valence-corrected chi connectivity index (χ1v) is 13.1. The van der Waals surface area contributed by atoms with E-state index >= 15 is 0 Å². The van der Waals surface area contributed by atoms with Crippen LogP contribution in [0.5, 0.6) is 0 Å². The van der Waals surface area contributed by atoms with E-state index in [1.165, 1.54) is 17.0 Å². The van der Waals surface area contributed by atoms with E-state index in [1.54, 1.807) is 37.2 Å². The number of hydrogen-bond acceptors (Lipinski definition) is 3. The maximum absolute atomic E-state index is 13.8. The fraction of sp³-hybridized carbons (Fsp3) is 0.517. The number of nitrogens with zero attached hydrogens (tertiary/aromatic N) is 3. The first-order valence-electron chi connectivity index (χ1n) is 13.1. The predicted octanol–water partition coefficient (Wildman–Crippen LogP) is 5.58. The molecule has 2 fully saturated rings. The Bertz CT molecular complexity index is 1040. The van der Waals surface area contributed by atoms with Crippen LogP contribution in [0.25, 0.3) is 0 Å². The monoisotopic (exact) mass is 515 g/mol. The van der Waals surface area contributed by atoms with Gasteiger partial charge < -0.3 is 14.7 Å². The minimum atomic E-state index is -4.61. The number of rotatable bonds is 6. The molecule has 5 nitrogen and oxygen atoms in total. The van der Waals surface area contributed by atoms with Crippen molar-refractivity contribution in [3.05, 3.63) is 65.7 Å². The van der Waals surface area contributed by atoms with Gasteiger partial charge in [0, 0.05) is 51.5 Å². The second kappa shape index (κ2) is 11.6. The highest BCUT2D eigenvalue weighted by Gasteiger charge is 2.48. The van der Waals surface area contributed by atoms with Crippen molar-refractivity contribution in [3.63, 3.8) is 0 Å². The molecule has 2 aliphatic heterocycles. The summed E-state index contributed by atoms with van der Waals surface area (Å²) in [7, 11) is 3.49. The van der Waals surface area contributed by atoms with Gasteiger partial charge in [-0.3, -0.25) is 9.59 Å². The second-order valence-corrected chi connectivity index (χ2v) is 10.6. The van der Waals surface area contributed by atoms with Gasteiger partial charge >= 0.3 is 6.18 Å². The first-order chi connectivity index (χ1) is 17.6. The van der Waals surface area contributed by atoms with Crippen LogP contribution in [0, 0.1) is 11.8 Å². The Morgan fingerprint density at radius 3 is 1.92 bits per heavy atom. The fourth-order valence-corrected chi connectivity index (χ4v) is 5.66. The van der Waals surface area contributed by atoms with Gasteiger partial charge in [-0.25, -0.2) is 0 Å². The Hall–Kier alpha value is -3.03. The summed E-state index contributed by atoms with van der Waals surface area (Å²) < 4.78 is 41.3. The maximum atomic E-state index is 13.8. The Labute approximate surface area is 217 Å². The number of amides is 2. The molecule has 0 aromatic heterocycles. The standard InChI is InChI=1S/C29H36F3N3O2/c1-33(2)27(36)24-8-10-25(11-9-24)34-16-12-21(13-17-34)20-22-14-18-35(19-15-22)28(37)26(29(30,31)32)23-6-4-3-5-7-23/h3-11,21-22,26H,12-20H2,1-2H3. The molecule has 2 heterocycles. The summed E-state index contributed by atoms with van der Waals surface area (Å²) in [5.74, 6) is -1.90. The third kappa shape index (κ3) is 6.65. The van der Waals surface area contributed by atoms with Crippen molar-refractivity contribution >= 4 is 17.5 Å². The van der Waals surface area contributed by atoms with Crippen LogP contribution in [0.4, 0.5) is 18.9 Å². The number of piperidine rings is 2. The van der Waals surface area contributed by atoms with Crippen molar-refractivity contribution in [2.24, 2.45) is 11.8 Å². The number of benzene rings is 2. The van der Waals surface area contributed by atoms with Gasteiger partial charge in [0.15, 0.2) is 5.92 Å². The number of likely N-dealkylation sites (tertiary alicyclic amines) is 1. The lowest BCUT2D eigenvalue weighted by Crippen LogP contribution is -2.45. The summed E-state index contributed by atoms with van der Waals surface area (Å²) in [6.07, 6.45) is 0.113. The molecule has 0 spiro atoms. The molecule has 2 amide bonds. The average Bonchev–Trinajstić information content (AvgIpc) is 2.89. The van der Waals surface area contributed by atoms with Gasteiger partial charge in [0.2, 0.25) is 5.91 Å². The van der Waals surface area contributed by atoms with Crippen LogP contribution in [0.1, 0.15) is 53.9 Å². The van der Waals surface area contributed by atoms with Crippen LogP contribution in [0.3, 0.4) is 0 Å². The van der Waals surface area contributed by atoms with Crippen LogP contribution >= 0.6 is 0 Å². The number of anilines is 1. The molecular weight excluding hydrogens is 479 g/mol. The molecule has 0 aliphatic carbocycles. The average molecular weight is 516 g/mol. The van der Waals surface area contributed by atoms with E-state index in [0.29, 0.717) is 30.5 Å². The zero-order valence-corrected chi connectivity index (χ0v) is 21.6. The third-order valence-corrected chi connectivity index (χ3v) is 7.80. The van der Waals surface area contributed by atoms with Crippen molar-refractivity contribution in [1.82, 2.24) is 9.80 Å². The van der Waals surface area contributed by atoms with E-state index in [0.717, 1.165) is 50.9 Å². The van der Waals surface area contributed by atoms with Crippen molar-refractivity contribution in [3.8, 4) is 0 Å². The summed E-state index contributed by atoms with van der Waals surface area (Å²) in [5, 5.41) is 0. The molecule has 2 saturated heterocycles. The molecule has 0 radical (unpaired) electrons. The highest BCUT2D eigenvalue weighted by atomic mass is 19.4. The Balaban J connectivity index is 1.25. The van der Waals surface area contributed by atoms with E-state index in [-0.39, 0.29) is 11.5 Å². The Morgan fingerprint density at radius 1 is 0.865 bits per heavy atom. The lowest BCUT2D eigenvalue weighted by molar-refractivity contribution is -0.173. The van der Waals surface area contributed by atoms with Gasteiger partial charge in [-0.05, 0) is 73.8 Å². The van der Waals surface area contributed by atoms with Crippen molar-refractivity contribution in [2.45, 2.75) is 44.2 Å². The normalized spacial score (nSPS) is 18.5. The van der Waals surface area contributed by atoms with Crippen molar-refractivity contribution < 1.29 is 22.8 Å². The number of alkyl halides is 3. The van der Waals surface area contributed by atoms with Gasteiger partial charge in [-0.1, -0.05) is 30.3 Å². The summed E-state index contributed by atoms with van der Waals surface area (Å²) in [6.45, 7) is 2.68. The molecular formula is C29H36F3N3O2. The number of halogens is 3. The number of hydrogen-bond donors (Lipinski definition) is 0. The van der Waals surface area contributed by atoms with Gasteiger partial charge in [0.1, 0.15) is 0 Å². The molecule has 2 aliphatic rings. The molecule has 0 saturated carbocycles. The van der Waals surface area contributed by atoms with Gasteiger partial charge in [-0.15, -0.1) is 0 Å². The highest BCUT2D eigenvalue weighted by Crippen LogP contribution is 2.38. The zero-order chi connectivity index (χ0) is 26.6. The van der Waals surface area contributed by atoms with Gasteiger partial charge in [0.25, 0.3) is 5.91 Å². The molecule has 8 heteroatoms. The van der Waals surface area contributed by atoms with E-state index in [1.807, 2.05) is 24.3 Å². The Kier molecular flexibility index (Phi) is 8.45. The highest BCUT2D eigenvalue weighted by molar-refractivity contribution is 5.94. The molecule has 2 aromatic carbocycles. The maximum Gasteiger partial charge on any atom is 0.404 e. The van der Waals surface area contributed by atoms with Crippen LogP contribution < -0.4 is 4.90 Å². The summed E-state index contributed by atoms with van der Waals surface area (Å²) in [4.78, 5) is 30.3. The summed E-state index contributed by atoms with van der Waals surface area (Å²) >= 11 is 0. The van der Waals surface area contributed by atoms with E-state index in [4.69, 9.17) is 0 Å². The predicted molar refractivity (Wildman–Crippen MR) is 139 cm³/mol. The molecule has 200 valence electrons. The SMILES string of the molecule is CN(C)C(=O)c1ccc(N2CCC(CC3CCN(C(=O)C(c4ccccc4)C(F)(F)F)CC3)CC2)cc1. The lowest BCUT2D eigenvalue weighted by atomic mass is 9.82. The molecule has 2 aromatic rings. The fourth-order valence-electron chi connectivity index (χ4n) is 5.66. The minimum Gasteiger partial charge on any atom is -0.372 e. The molecule has 37 heavy (non-hydrogen) atoms. The largest absolute Gasteiger partial charge is 0.404 e. The summed E-state index contributed by atoms with van der Waals surface area (Å²) in [5.41, 5.74) is 1.81. The minimum absolute atomic E-state index is 0.00724. The molecule has 1 atom stereocenters. The third-order valence-electron chi connectivity index (χ3n) is 7.80. The smallest absolute Gasteiger partial charge is 0.372 e. The van der Waals surface area contributed by atoms with E-state index in [9.17, 15) is 22.8 Å². The lowest BCUT2D eigenvalue weighted by Gasteiger charge is -2.38. The van der Waals surface area contributed by atoms with Crippen LogP contribution in [0.15, 0.2) is 54.6 Å². The van der Waals surface area contributed by atoms with Crippen LogP contribution in [0.2, 0.25) is 0 Å². The van der Waals surface area contributed by atoms with E-state index < -0.39 is 18.0 Å². The topological polar surface area (TPSA) is 43.9 Å². The van der Waals surface area contributed by atoms with Gasteiger partial charge in [-0.2, -0.15) is 13.2 Å². The number of carbonyl (C=O) groups excluding carboxylic acids is 2. The second-order valence-electron chi connectivity index (χ2n) is 10.6. The summed E-state index contributed by atoms with van der Waals surface area (Å²) in [6, 6.07) is 15.3. The van der Waals surface area contributed by atoms with Crippen LogP contribution in [-0.4, -0.2) is 68.1 Å². The van der Waals surface area contributed by atoms with E-state index in [2.05, 4.69) is 4.90 Å². The molecule has 1 unspecified atom stereocenters. The number of carbonyl (C=O) groups is 2. The zero-order valence-electron chi connectivity index (χ0n) is 21.6.